The number of aromatic nitrogens is 3. The van der Waals surface area contributed by atoms with E-state index in [1.54, 1.807) is 12.2 Å². The van der Waals surface area contributed by atoms with Gasteiger partial charge in [-0.25, -0.2) is 0 Å². The van der Waals surface area contributed by atoms with Crippen LogP contribution < -0.4 is 10.1 Å². The number of nitrogens with one attached hydrogen (secondary N) is 1. The number of rotatable bonds is 7. The maximum Gasteiger partial charge on any atom is 0.321 e. The fourth-order valence-electron chi connectivity index (χ4n) is 0.871. The molecular formula is C9H11N7O. The lowest BCUT2D eigenvalue weighted by Crippen LogP contribution is -2.06. The quantitative estimate of drug-likeness (QED) is 0.335. The van der Waals surface area contributed by atoms with Crippen LogP contribution in [0, 0.1) is 0 Å². The summed E-state index contributed by atoms with van der Waals surface area (Å²) in [7, 11) is 0. The summed E-state index contributed by atoms with van der Waals surface area (Å²) in [6.45, 7) is 7.77. The smallest absolute Gasteiger partial charge is 0.321 e. The molecule has 0 atom stereocenters. The first-order valence-electron chi connectivity index (χ1n) is 4.69. The zero-order valence-electron chi connectivity index (χ0n) is 9.07. The lowest BCUT2D eigenvalue weighted by molar-refractivity contribution is 0.333. The highest BCUT2D eigenvalue weighted by Gasteiger charge is 2.05. The maximum absolute atomic E-state index is 8.32. The molecule has 0 saturated carbocycles. The Labute approximate surface area is 97.7 Å². The summed E-state index contributed by atoms with van der Waals surface area (Å²) in [4.78, 5) is 14.2. The Morgan fingerprint density at radius 3 is 2.82 bits per heavy atom. The average Bonchev–Trinajstić information content (AvgIpc) is 2.34. The van der Waals surface area contributed by atoms with Crippen molar-refractivity contribution in [3.63, 3.8) is 0 Å². The normalized spacial score (nSPS) is 8.94. The molecule has 0 aliphatic heterocycles. The number of anilines is 1. The standard InChI is InChI=1S/C9H11N7O/c1-3-5-11-7-12-8(15-16-10)14-9(13-7)17-6-4-2/h3-4H,1-2,5-6H2,(H,11,12,13,14). The molecule has 0 radical (unpaired) electrons. The lowest BCUT2D eigenvalue weighted by Gasteiger charge is -2.05. The molecule has 0 spiro atoms. The van der Waals surface area contributed by atoms with Gasteiger partial charge in [-0.3, -0.25) is 0 Å². The van der Waals surface area contributed by atoms with Crippen LogP contribution in [0.3, 0.4) is 0 Å². The van der Waals surface area contributed by atoms with Crippen molar-refractivity contribution in [3.8, 4) is 6.01 Å². The van der Waals surface area contributed by atoms with Crippen LogP contribution in [0.15, 0.2) is 30.4 Å². The van der Waals surface area contributed by atoms with E-state index in [0.29, 0.717) is 6.54 Å². The molecule has 17 heavy (non-hydrogen) atoms. The van der Waals surface area contributed by atoms with Gasteiger partial charge in [0, 0.05) is 11.5 Å². The Morgan fingerprint density at radius 2 is 2.18 bits per heavy atom. The predicted octanol–water partition coefficient (Wildman–Crippen LogP) is 1.98. The first-order chi connectivity index (χ1) is 8.30. The number of hydrogen-bond donors (Lipinski definition) is 1. The molecule has 0 saturated heterocycles. The van der Waals surface area contributed by atoms with Gasteiger partial charge in [-0.15, -0.1) is 6.58 Å². The molecule has 8 heteroatoms. The highest BCUT2D eigenvalue weighted by atomic mass is 16.5. The van der Waals surface area contributed by atoms with Crippen LogP contribution >= 0.6 is 0 Å². The Balaban J connectivity index is 2.94. The molecule has 0 aliphatic carbocycles. The van der Waals surface area contributed by atoms with Crippen molar-refractivity contribution in [3.05, 3.63) is 35.8 Å². The van der Waals surface area contributed by atoms with Gasteiger partial charge < -0.3 is 10.1 Å². The molecule has 0 fully saturated rings. The summed E-state index contributed by atoms with van der Waals surface area (Å²) in [6, 6.07) is 0.0638. The molecular weight excluding hydrogens is 222 g/mol. The second-order valence-corrected chi connectivity index (χ2v) is 2.70. The minimum Gasteiger partial charge on any atom is -0.459 e. The molecule has 1 rings (SSSR count). The van der Waals surface area contributed by atoms with Gasteiger partial charge in [0.25, 0.3) is 0 Å². The van der Waals surface area contributed by atoms with Gasteiger partial charge in [-0.05, 0) is 10.6 Å². The second-order valence-electron chi connectivity index (χ2n) is 2.70. The summed E-state index contributed by atoms with van der Waals surface area (Å²) in [6.07, 6.45) is 3.19. The molecule has 8 nitrogen and oxygen atoms in total. The zero-order chi connectivity index (χ0) is 12.5. The SMILES string of the molecule is C=CCNc1nc(N=[N+]=[N-])nc(OCC=C)n1. The topological polar surface area (TPSA) is 109 Å². The van der Waals surface area contributed by atoms with Gasteiger partial charge in [-0.2, -0.15) is 15.0 Å². The molecule has 88 valence electrons. The van der Waals surface area contributed by atoms with E-state index in [0.717, 1.165) is 0 Å². The largest absolute Gasteiger partial charge is 0.459 e. The van der Waals surface area contributed by atoms with E-state index in [4.69, 9.17) is 10.3 Å². The van der Waals surface area contributed by atoms with E-state index in [2.05, 4.69) is 43.5 Å². The van der Waals surface area contributed by atoms with Gasteiger partial charge in [0.1, 0.15) is 6.61 Å². The van der Waals surface area contributed by atoms with Crippen LogP contribution in [0.2, 0.25) is 0 Å². The molecule has 0 unspecified atom stereocenters. The molecule has 0 amide bonds. The monoisotopic (exact) mass is 233 g/mol. The van der Waals surface area contributed by atoms with Crippen molar-refractivity contribution in [2.45, 2.75) is 0 Å². The van der Waals surface area contributed by atoms with E-state index in [9.17, 15) is 0 Å². The van der Waals surface area contributed by atoms with Crippen LogP contribution in [0.4, 0.5) is 11.9 Å². The summed E-state index contributed by atoms with van der Waals surface area (Å²) in [5.41, 5.74) is 8.32. The number of azide groups is 1. The van der Waals surface area contributed by atoms with Crippen molar-refractivity contribution in [2.24, 2.45) is 5.11 Å². The molecule has 0 aromatic carbocycles. The molecule has 1 heterocycles. The Morgan fingerprint density at radius 1 is 1.35 bits per heavy atom. The number of hydrogen-bond acceptors (Lipinski definition) is 6. The van der Waals surface area contributed by atoms with Crippen LogP contribution in [-0.2, 0) is 0 Å². The molecule has 1 aromatic heterocycles. The van der Waals surface area contributed by atoms with Crippen LogP contribution in [0.5, 0.6) is 6.01 Å². The van der Waals surface area contributed by atoms with Gasteiger partial charge in [0.15, 0.2) is 0 Å². The first-order valence-corrected chi connectivity index (χ1v) is 4.69. The molecule has 1 N–H and O–H groups in total. The van der Waals surface area contributed by atoms with E-state index in [1.807, 2.05) is 0 Å². The van der Waals surface area contributed by atoms with Crippen molar-refractivity contribution >= 4 is 11.9 Å². The van der Waals surface area contributed by atoms with Crippen LogP contribution in [0.25, 0.3) is 10.4 Å². The minimum absolute atomic E-state index is 0.0619. The third-order valence-electron chi connectivity index (χ3n) is 1.47. The van der Waals surface area contributed by atoms with Gasteiger partial charge in [0.05, 0.1) is 0 Å². The number of nitrogens with zero attached hydrogens (tertiary/aromatic N) is 6. The van der Waals surface area contributed by atoms with E-state index in [1.165, 1.54) is 0 Å². The zero-order valence-corrected chi connectivity index (χ0v) is 9.07. The van der Waals surface area contributed by atoms with E-state index >= 15 is 0 Å². The second kappa shape index (κ2) is 6.81. The fraction of sp³-hybridized carbons (Fsp3) is 0.222. The Bertz CT molecular complexity index is 422. The van der Waals surface area contributed by atoms with Crippen molar-refractivity contribution in [1.82, 2.24) is 15.0 Å². The summed E-state index contributed by atoms with van der Waals surface area (Å²) in [5, 5.41) is 6.13. The lowest BCUT2D eigenvalue weighted by atomic mass is 10.6. The molecule has 1 aromatic rings. The highest BCUT2D eigenvalue weighted by molar-refractivity contribution is 5.32. The Hall–Kier alpha value is -2.60. The van der Waals surface area contributed by atoms with E-state index in [-0.39, 0.29) is 24.5 Å². The van der Waals surface area contributed by atoms with Crippen LogP contribution in [-0.4, -0.2) is 28.1 Å². The Kier molecular flexibility index (Phi) is 4.99. The van der Waals surface area contributed by atoms with Crippen LogP contribution in [0.1, 0.15) is 0 Å². The molecule has 0 bridgehead atoms. The summed E-state index contributed by atoms with van der Waals surface area (Å²) >= 11 is 0. The minimum atomic E-state index is -0.0619. The third kappa shape index (κ3) is 4.18. The van der Waals surface area contributed by atoms with Gasteiger partial charge in [-0.1, -0.05) is 18.7 Å². The van der Waals surface area contributed by atoms with E-state index < -0.39 is 0 Å². The summed E-state index contributed by atoms with van der Waals surface area (Å²) in [5.74, 6) is 0.189. The maximum atomic E-state index is 8.32. The van der Waals surface area contributed by atoms with Crippen molar-refractivity contribution in [2.75, 3.05) is 18.5 Å². The van der Waals surface area contributed by atoms with Crippen molar-refractivity contribution in [1.29, 1.82) is 0 Å². The predicted molar refractivity (Wildman–Crippen MR) is 63.0 cm³/mol. The average molecular weight is 233 g/mol. The molecule has 0 aliphatic rings. The number of ether oxygens (including phenoxy) is 1. The summed E-state index contributed by atoms with van der Waals surface area (Å²) < 4.78 is 5.13. The van der Waals surface area contributed by atoms with Gasteiger partial charge >= 0.3 is 6.01 Å². The van der Waals surface area contributed by atoms with Gasteiger partial charge in [0.2, 0.25) is 11.9 Å². The van der Waals surface area contributed by atoms with Crippen molar-refractivity contribution < 1.29 is 4.74 Å². The fourth-order valence-corrected chi connectivity index (χ4v) is 0.871. The highest BCUT2D eigenvalue weighted by Crippen LogP contribution is 2.13. The third-order valence-corrected chi connectivity index (χ3v) is 1.47. The first kappa shape index (κ1) is 12.5.